The van der Waals surface area contributed by atoms with Gasteiger partial charge in [-0.25, -0.2) is 0 Å². The normalized spacial score (nSPS) is 35.3. The Morgan fingerprint density at radius 1 is 0.833 bits per heavy atom. The van der Waals surface area contributed by atoms with Crippen LogP contribution >= 0.6 is 0 Å². The smallest absolute Gasteiger partial charge is 0.0688 e. The maximum absolute atomic E-state index is 6.08. The fraction of sp³-hybridized carbons (Fsp3) is 1.00. The molecule has 0 bridgehead atoms. The summed E-state index contributed by atoms with van der Waals surface area (Å²) in [5, 5.41) is 3.51. The molecule has 2 aliphatic carbocycles. The third-order valence-electron chi connectivity index (χ3n) is 6.42. The molecule has 0 aromatic carbocycles. The first-order valence-electron chi connectivity index (χ1n) is 8.14. The van der Waals surface area contributed by atoms with Gasteiger partial charge in [0, 0.05) is 6.61 Å². The molecular formula is C16H27NO. The highest BCUT2D eigenvalue weighted by Crippen LogP contribution is 2.60. The monoisotopic (exact) mass is 249 g/mol. The highest BCUT2D eigenvalue weighted by atomic mass is 16.5. The van der Waals surface area contributed by atoms with Gasteiger partial charge in [0.1, 0.15) is 0 Å². The molecule has 2 saturated carbocycles. The van der Waals surface area contributed by atoms with Crippen LogP contribution in [0.1, 0.15) is 57.8 Å². The summed E-state index contributed by atoms with van der Waals surface area (Å²) in [6.07, 6.45) is 12.8. The zero-order chi connectivity index (χ0) is 12.1. The summed E-state index contributed by atoms with van der Waals surface area (Å²) >= 11 is 0. The lowest BCUT2D eigenvalue weighted by molar-refractivity contribution is -0.182. The first-order valence-corrected chi connectivity index (χ1v) is 8.14. The van der Waals surface area contributed by atoms with E-state index in [1.807, 2.05) is 0 Å². The van der Waals surface area contributed by atoms with Gasteiger partial charge in [0.2, 0.25) is 0 Å². The summed E-state index contributed by atoms with van der Waals surface area (Å²) in [5.41, 5.74) is 1.13. The summed E-state index contributed by atoms with van der Waals surface area (Å²) in [6.45, 7) is 3.57. The van der Waals surface area contributed by atoms with Crippen LogP contribution in [0.2, 0.25) is 0 Å². The average Bonchev–Trinajstić information content (AvgIpc) is 2.35. The van der Waals surface area contributed by atoms with E-state index >= 15 is 0 Å². The van der Waals surface area contributed by atoms with Crippen molar-refractivity contribution < 1.29 is 4.74 Å². The number of hydrogen-bond donors (Lipinski definition) is 1. The van der Waals surface area contributed by atoms with Gasteiger partial charge in [0.05, 0.1) is 5.60 Å². The molecule has 0 aromatic heterocycles. The molecule has 0 amide bonds. The fourth-order valence-corrected chi connectivity index (χ4v) is 5.21. The third kappa shape index (κ3) is 1.84. The average molecular weight is 249 g/mol. The minimum atomic E-state index is 0.361. The van der Waals surface area contributed by atoms with Gasteiger partial charge >= 0.3 is 0 Å². The lowest BCUT2D eigenvalue weighted by Gasteiger charge is -2.59. The molecule has 1 N–H and O–H groups in total. The van der Waals surface area contributed by atoms with Crippen LogP contribution in [0.15, 0.2) is 0 Å². The standard InChI is InChI=1S/C16H27NO/c1-2-8-18-16(3-1)11-14(12-16)13-9-15(10-13)4-6-17-7-5-15/h13-14,17H,1-12H2. The van der Waals surface area contributed by atoms with E-state index in [0.717, 1.165) is 23.9 Å². The van der Waals surface area contributed by atoms with E-state index in [9.17, 15) is 0 Å². The molecule has 102 valence electrons. The summed E-state index contributed by atoms with van der Waals surface area (Å²) in [4.78, 5) is 0. The second kappa shape index (κ2) is 4.21. The number of piperidine rings is 1. The zero-order valence-electron chi connectivity index (χ0n) is 11.5. The SMILES string of the molecule is C1CCC2(CC(C3CC4(CCNCC4)C3)C2)OC1. The van der Waals surface area contributed by atoms with Crippen molar-refractivity contribution in [2.24, 2.45) is 17.3 Å². The predicted octanol–water partition coefficient (Wildman–Crippen LogP) is 3.12. The van der Waals surface area contributed by atoms with Crippen LogP contribution in [0.4, 0.5) is 0 Å². The molecule has 0 unspecified atom stereocenters. The first-order chi connectivity index (χ1) is 8.79. The van der Waals surface area contributed by atoms with E-state index in [-0.39, 0.29) is 0 Å². The maximum Gasteiger partial charge on any atom is 0.0688 e. The van der Waals surface area contributed by atoms with Crippen molar-refractivity contribution in [3.8, 4) is 0 Å². The van der Waals surface area contributed by atoms with Crippen LogP contribution < -0.4 is 5.32 Å². The Kier molecular flexibility index (Phi) is 2.74. The summed E-state index contributed by atoms with van der Waals surface area (Å²) in [7, 11) is 0. The summed E-state index contributed by atoms with van der Waals surface area (Å²) < 4.78 is 6.08. The minimum Gasteiger partial charge on any atom is -0.375 e. The second-order valence-electron chi connectivity index (χ2n) is 7.58. The van der Waals surface area contributed by atoms with E-state index in [4.69, 9.17) is 4.74 Å². The fourth-order valence-electron chi connectivity index (χ4n) is 5.21. The van der Waals surface area contributed by atoms with E-state index in [1.165, 1.54) is 70.9 Å². The van der Waals surface area contributed by atoms with Gasteiger partial charge in [0.25, 0.3) is 0 Å². The van der Waals surface area contributed by atoms with Crippen molar-refractivity contribution in [1.82, 2.24) is 5.32 Å². The van der Waals surface area contributed by atoms with Crippen LogP contribution in [0.3, 0.4) is 0 Å². The third-order valence-corrected chi connectivity index (χ3v) is 6.42. The maximum atomic E-state index is 6.08. The zero-order valence-corrected chi connectivity index (χ0v) is 11.5. The van der Waals surface area contributed by atoms with Crippen LogP contribution in [-0.4, -0.2) is 25.3 Å². The van der Waals surface area contributed by atoms with Crippen LogP contribution in [-0.2, 0) is 4.74 Å². The topological polar surface area (TPSA) is 21.3 Å². The summed E-state index contributed by atoms with van der Waals surface area (Å²) in [5.74, 6) is 2.07. The van der Waals surface area contributed by atoms with Gasteiger partial charge in [0.15, 0.2) is 0 Å². The Hall–Kier alpha value is -0.0800. The molecule has 2 heteroatoms. The molecule has 2 spiro atoms. The molecule has 4 aliphatic rings. The van der Waals surface area contributed by atoms with E-state index in [0.29, 0.717) is 5.60 Å². The van der Waals surface area contributed by atoms with E-state index < -0.39 is 0 Å². The lowest BCUT2D eigenvalue weighted by Crippen LogP contribution is -2.55. The molecule has 4 rings (SSSR count). The lowest BCUT2D eigenvalue weighted by atomic mass is 9.49. The largest absolute Gasteiger partial charge is 0.375 e. The Balaban J connectivity index is 1.28. The van der Waals surface area contributed by atoms with Gasteiger partial charge in [-0.1, -0.05) is 0 Å². The molecule has 2 aliphatic heterocycles. The molecule has 2 saturated heterocycles. The van der Waals surface area contributed by atoms with Crippen molar-refractivity contribution in [1.29, 1.82) is 0 Å². The van der Waals surface area contributed by atoms with Gasteiger partial charge in [-0.05, 0) is 88.1 Å². The van der Waals surface area contributed by atoms with Crippen molar-refractivity contribution >= 4 is 0 Å². The molecule has 2 nitrogen and oxygen atoms in total. The van der Waals surface area contributed by atoms with Gasteiger partial charge in [-0.15, -0.1) is 0 Å². The molecule has 0 aromatic rings. The number of rotatable bonds is 1. The van der Waals surface area contributed by atoms with E-state index in [2.05, 4.69) is 5.32 Å². The summed E-state index contributed by atoms with van der Waals surface area (Å²) in [6, 6.07) is 0. The molecule has 4 fully saturated rings. The van der Waals surface area contributed by atoms with Gasteiger partial charge in [-0.2, -0.15) is 0 Å². The van der Waals surface area contributed by atoms with Crippen LogP contribution in [0, 0.1) is 17.3 Å². The van der Waals surface area contributed by atoms with Crippen molar-refractivity contribution in [2.75, 3.05) is 19.7 Å². The Bertz CT molecular complexity index is 267. The van der Waals surface area contributed by atoms with Crippen LogP contribution in [0.25, 0.3) is 0 Å². The Morgan fingerprint density at radius 3 is 2.22 bits per heavy atom. The molecule has 2 heterocycles. The minimum absolute atomic E-state index is 0.361. The molecule has 0 radical (unpaired) electrons. The van der Waals surface area contributed by atoms with Crippen molar-refractivity contribution in [3.05, 3.63) is 0 Å². The van der Waals surface area contributed by atoms with Gasteiger partial charge < -0.3 is 10.1 Å². The highest BCUT2D eigenvalue weighted by molar-refractivity contribution is 5.06. The van der Waals surface area contributed by atoms with E-state index in [1.54, 1.807) is 0 Å². The Labute approximate surface area is 111 Å². The quantitative estimate of drug-likeness (QED) is 0.771. The van der Waals surface area contributed by atoms with Gasteiger partial charge in [-0.3, -0.25) is 0 Å². The molecule has 18 heavy (non-hydrogen) atoms. The van der Waals surface area contributed by atoms with Crippen molar-refractivity contribution in [3.63, 3.8) is 0 Å². The molecular weight excluding hydrogens is 222 g/mol. The first kappa shape index (κ1) is 11.7. The van der Waals surface area contributed by atoms with Crippen molar-refractivity contribution in [2.45, 2.75) is 63.4 Å². The highest BCUT2D eigenvalue weighted by Gasteiger charge is 2.54. The number of hydrogen-bond acceptors (Lipinski definition) is 2. The number of ether oxygens (including phenoxy) is 1. The number of nitrogens with one attached hydrogen (secondary N) is 1. The Morgan fingerprint density at radius 2 is 1.56 bits per heavy atom. The second-order valence-corrected chi connectivity index (χ2v) is 7.58. The van der Waals surface area contributed by atoms with Crippen LogP contribution in [0.5, 0.6) is 0 Å². The predicted molar refractivity (Wildman–Crippen MR) is 72.5 cm³/mol. The molecule has 0 atom stereocenters.